The molecule has 27 heavy (non-hydrogen) atoms. The number of allylic oxidation sites excluding steroid dienone is 4. The van der Waals surface area contributed by atoms with Gasteiger partial charge in [0.1, 0.15) is 0 Å². The van der Waals surface area contributed by atoms with Gasteiger partial charge in [0, 0.05) is 11.3 Å². The van der Waals surface area contributed by atoms with Crippen LogP contribution in [0.1, 0.15) is 46.5 Å². The minimum absolute atomic E-state index is 0.00130. The number of carbonyl (C=O) groups excluding carboxylic acids is 2. The lowest BCUT2D eigenvalue weighted by Gasteiger charge is -2.63. The number of hydrogen-bond donors (Lipinski definition) is 1. The van der Waals surface area contributed by atoms with Crippen molar-refractivity contribution >= 4 is 34.8 Å². The Morgan fingerprint density at radius 3 is 2.70 bits per heavy atom. The standard InChI is InChI=1S/C22H28Cl2O3/c1-12-8-16-15-5-4-13-9-14(25)6-7-21(13,3)22(15,24)18(27)10-20(16,2)19(12)17(26)11-23/h6-7,9,12,15-16,18-19,27H,4-5,8,10-11H2,1-3H3/t12-,15?,16?,18?,19?,20?,21?,22+/m1/s1. The molecule has 5 heteroatoms. The molecule has 6 unspecified atom stereocenters. The van der Waals surface area contributed by atoms with Gasteiger partial charge in [-0.3, -0.25) is 9.59 Å². The molecule has 3 nitrogen and oxygen atoms in total. The van der Waals surface area contributed by atoms with E-state index in [1.807, 2.05) is 6.08 Å². The first-order valence-corrected chi connectivity index (χ1v) is 10.9. The number of Topliss-reactive ketones (excluding diaryl/α,β-unsaturated/α-hetero) is 1. The van der Waals surface area contributed by atoms with E-state index in [9.17, 15) is 14.7 Å². The maximum absolute atomic E-state index is 12.7. The molecule has 4 aliphatic rings. The smallest absolute Gasteiger partial charge is 0.178 e. The summed E-state index contributed by atoms with van der Waals surface area (Å²) in [6.45, 7) is 6.35. The maximum atomic E-state index is 12.7. The Hall–Kier alpha value is -0.640. The molecule has 148 valence electrons. The van der Waals surface area contributed by atoms with Crippen molar-refractivity contribution in [2.75, 3.05) is 5.88 Å². The topological polar surface area (TPSA) is 54.4 Å². The molecule has 0 aromatic carbocycles. The van der Waals surface area contributed by atoms with E-state index in [2.05, 4.69) is 20.8 Å². The van der Waals surface area contributed by atoms with Crippen LogP contribution in [0.4, 0.5) is 0 Å². The zero-order chi connectivity index (χ0) is 19.8. The second-order valence-corrected chi connectivity index (χ2v) is 10.5. The maximum Gasteiger partial charge on any atom is 0.178 e. The van der Waals surface area contributed by atoms with E-state index in [-0.39, 0.29) is 46.5 Å². The Labute approximate surface area is 171 Å². The average molecular weight is 411 g/mol. The van der Waals surface area contributed by atoms with Crippen molar-refractivity contribution in [2.24, 2.45) is 34.5 Å². The number of carbonyl (C=O) groups is 2. The average Bonchev–Trinajstić information content (AvgIpc) is 2.86. The van der Waals surface area contributed by atoms with Gasteiger partial charge in [0.05, 0.1) is 16.9 Å². The molecular weight excluding hydrogens is 383 g/mol. The quantitative estimate of drug-likeness (QED) is 0.690. The third-order valence-electron chi connectivity index (χ3n) is 8.46. The predicted octanol–water partition coefficient (Wildman–Crippen LogP) is 4.30. The van der Waals surface area contributed by atoms with E-state index in [1.165, 1.54) is 0 Å². The van der Waals surface area contributed by atoms with Crippen molar-refractivity contribution in [3.63, 3.8) is 0 Å². The molecule has 0 radical (unpaired) electrons. The number of aliphatic hydroxyl groups excluding tert-OH is 1. The molecule has 8 atom stereocenters. The van der Waals surface area contributed by atoms with Crippen molar-refractivity contribution in [3.8, 4) is 0 Å². The van der Waals surface area contributed by atoms with Gasteiger partial charge in [-0.15, -0.1) is 23.2 Å². The van der Waals surface area contributed by atoms with Crippen LogP contribution in [0, 0.1) is 34.5 Å². The van der Waals surface area contributed by atoms with Gasteiger partial charge in [-0.25, -0.2) is 0 Å². The number of halogens is 2. The highest BCUT2D eigenvalue weighted by Crippen LogP contribution is 2.70. The van der Waals surface area contributed by atoms with Crippen molar-refractivity contribution in [1.82, 2.24) is 0 Å². The van der Waals surface area contributed by atoms with E-state index in [4.69, 9.17) is 23.2 Å². The third kappa shape index (κ3) is 2.37. The van der Waals surface area contributed by atoms with Gasteiger partial charge in [0.2, 0.25) is 0 Å². The number of fused-ring (bicyclic) bond motifs is 5. The van der Waals surface area contributed by atoms with Crippen LogP contribution >= 0.6 is 23.2 Å². The summed E-state index contributed by atoms with van der Waals surface area (Å²) in [5.74, 6) is 0.612. The van der Waals surface area contributed by atoms with Crippen LogP contribution in [0.15, 0.2) is 23.8 Å². The first-order valence-electron chi connectivity index (χ1n) is 9.99. The number of ketones is 2. The Morgan fingerprint density at radius 2 is 2.04 bits per heavy atom. The van der Waals surface area contributed by atoms with Crippen LogP contribution in [-0.2, 0) is 9.59 Å². The third-order valence-corrected chi connectivity index (χ3v) is 9.65. The molecule has 0 amide bonds. The van der Waals surface area contributed by atoms with Gasteiger partial charge >= 0.3 is 0 Å². The molecule has 4 aliphatic carbocycles. The zero-order valence-electron chi connectivity index (χ0n) is 16.2. The highest BCUT2D eigenvalue weighted by Gasteiger charge is 2.70. The van der Waals surface area contributed by atoms with Gasteiger partial charge in [-0.05, 0) is 61.0 Å². The molecular formula is C22H28Cl2O3. The minimum atomic E-state index is -0.850. The Bertz CT molecular complexity index is 759. The Morgan fingerprint density at radius 1 is 1.33 bits per heavy atom. The molecule has 1 N–H and O–H groups in total. The van der Waals surface area contributed by atoms with E-state index in [1.54, 1.807) is 12.2 Å². The molecule has 0 aromatic heterocycles. The van der Waals surface area contributed by atoms with Crippen LogP contribution in [0.25, 0.3) is 0 Å². The summed E-state index contributed by atoms with van der Waals surface area (Å²) in [5, 5.41) is 11.4. The van der Waals surface area contributed by atoms with Gasteiger partial charge in [-0.2, -0.15) is 0 Å². The van der Waals surface area contributed by atoms with E-state index < -0.39 is 16.4 Å². The second kappa shape index (κ2) is 6.18. The fourth-order valence-electron chi connectivity index (χ4n) is 7.35. The molecule has 4 rings (SSSR count). The first kappa shape index (κ1) is 19.7. The highest BCUT2D eigenvalue weighted by atomic mass is 35.5. The zero-order valence-corrected chi connectivity index (χ0v) is 17.7. The molecule has 3 fully saturated rings. The second-order valence-electron chi connectivity index (χ2n) is 9.64. The minimum Gasteiger partial charge on any atom is -0.391 e. The normalized spacial score (nSPS) is 51.3. The summed E-state index contributed by atoms with van der Waals surface area (Å²) >= 11 is 13.3. The predicted molar refractivity (Wildman–Crippen MR) is 107 cm³/mol. The molecule has 3 saturated carbocycles. The largest absolute Gasteiger partial charge is 0.391 e. The summed E-state index contributed by atoms with van der Waals surface area (Å²) < 4.78 is 0. The van der Waals surface area contributed by atoms with E-state index in [0.717, 1.165) is 24.8 Å². The lowest BCUT2D eigenvalue weighted by molar-refractivity contribution is -0.134. The highest BCUT2D eigenvalue weighted by molar-refractivity contribution is 6.28. The molecule has 0 aromatic rings. The van der Waals surface area contributed by atoms with Gasteiger partial charge in [-0.1, -0.05) is 32.4 Å². The molecule has 0 saturated heterocycles. The molecule has 0 bridgehead atoms. The van der Waals surface area contributed by atoms with E-state index >= 15 is 0 Å². The summed E-state index contributed by atoms with van der Waals surface area (Å²) in [6.07, 6.45) is 7.56. The SMILES string of the molecule is C[C@@H]1CC2C3CCC4=CC(=O)C=CC4(C)[C@@]3(Cl)C(O)CC2(C)C1C(=O)CCl. The summed E-state index contributed by atoms with van der Waals surface area (Å²) in [4.78, 5) is 23.7. The number of rotatable bonds is 2. The summed E-state index contributed by atoms with van der Waals surface area (Å²) in [6, 6.07) is 0. The monoisotopic (exact) mass is 410 g/mol. The van der Waals surface area contributed by atoms with Crippen LogP contribution < -0.4 is 0 Å². The summed E-state index contributed by atoms with van der Waals surface area (Å²) in [7, 11) is 0. The van der Waals surface area contributed by atoms with E-state index in [0.29, 0.717) is 6.42 Å². The van der Waals surface area contributed by atoms with Crippen LogP contribution in [0.5, 0.6) is 0 Å². The Kier molecular flexibility index (Phi) is 4.50. The fourth-order valence-corrected chi connectivity index (χ4v) is 8.04. The number of aliphatic hydroxyl groups is 1. The number of hydrogen-bond acceptors (Lipinski definition) is 3. The van der Waals surface area contributed by atoms with Crippen LogP contribution in [0.3, 0.4) is 0 Å². The van der Waals surface area contributed by atoms with Crippen molar-refractivity contribution in [1.29, 1.82) is 0 Å². The van der Waals surface area contributed by atoms with Crippen LogP contribution in [-0.4, -0.2) is 33.5 Å². The lowest BCUT2D eigenvalue weighted by Crippen LogP contribution is -2.66. The van der Waals surface area contributed by atoms with Crippen molar-refractivity contribution < 1.29 is 14.7 Å². The van der Waals surface area contributed by atoms with Crippen molar-refractivity contribution in [2.45, 2.75) is 57.4 Å². The Balaban J connectivity index is 1.80. The first-order chi connectivity index (χ1) is 12.6. The molecule has 0 heterocycles. The van der Waals surface area contributed by atoms with Crippen LogP contribution in [0.2, 0.25) is 0 Å². The number of alkyl halides is 2. The van der Waals surface area contributed by atoms with Crippen molar-refractivity contribution in [3.05, 3.63) is 23.8 Å². The summed E-state index contributed by atoms with van der Waals surface area (Å²) in [5.41, 5.74) is 0.215. The van der Waals surface area contributed by atoms with Gasteiger partial charge in [0.25, 0.3) is 0 Å². The van der Waals surface area contributed by atoms with Gasteiger partial charge in [0.15, 0.2) is 11.6 Å². The lowest BCUT2D eigenvalue weighted by atomic mass is 9.46. The molecule has 0 spiro atoms. The van der Waals surface area contributed by atoms with Gasteiger partial charge < -0.3 is 5.11 Å². The molecule has 0 aliphatic heterocycles. The fraction of sp³-hybridized carbons (Fsp3) is 0.727.